The maximum atomic E-state index is 13.1. The summed E-state index contributed by atoms with van der Waals surface area (Å²) in [5.41, 5.74) is 1.38. The lowest BCUT2D eigenvalue weighted by atomic mass is 9.95. The summed E-state index contributed by atoms with van der Waals surface area (Å²) in [4.78, 5) is 30.0. The maximum Gasteiger partial charge on any atom is 0.295 e. The molecule has 3 rings (SSSR count). The Morgan fingerprint density at radius 1 is 1.03 bits per heavy atom. The first-order valence-electron chi connectivity index (χ1n) is 11.9. The monoisotopic (exact) mass is 528 g/mol. The van der Waals surface area contributed by atoms with Gasteiger partial charge in [0.25, 0.3) is 11.7 Å². The molecule has 1 aliphatic rings. The predicted octanol–water partition coefficient (Wildman–Crippen LogP) is 5.39. The number of ether oxygens (including phenoxy) is 1. The topological polar surface area (TPSA) is 70.1 Å². The third kappa shape index (κ3) is 5.88. The number of Topliss-reactive ketones (excluding diaryl/α,β-unsaturated/α-hetero) is 1. The average molecular weight is 529 g/mol. The van der Waals surface area contributed by atoms with Gasteiger partial charge >= 0.3 is 0 Å². The van der Waals surface area contributed by atoms with Crippen molar-refractivity contribution < 1.29 is 19.4 Å². The second-order valence-corrected chi connectivity index (χ2v) is 9.21. The number of carbonyl (C=O) groups is 2. The number of aliphatic hydroxyl groups excluding tert-OH is 1. The van der Waals surface area contributed by atoms with Crippen LogP contribution in [0.25, 0.3) is 5.76 Å². The van der Waals surface area contributed by atoms with Gasteiger partial charge in [-0.25, -0.2) is 0 Å². The first-order chi connectivity index (χ1) is 16.4. The Hall–Kier alpha value is -2.64. The van der Waals surface area contributed by atoms with Crippen LogP contribution in [0.5, 0.6) is 5.75 Å². The standard InChI is InChI=1S/C27H33BrN2O4/c1-4-7-18-34-22-14-10-19(11-15-22)24-23(25(31)20-8-12-21(28)13-9-20)26(32)27(33)30(24)17-16-29(5-2)6-3/h8-15,24,31H,4-7,16-18H2,1-3H3. The van der Waals surface area contributed by atoms with Gasteiger partial charge in [0.2, 0.25) is 0 Å². The fourth-order valence-electron chi connectivity index (χ4n) is 4.09. The van der Waals surface area contributed by atoms with Gasteiger partial charge in [-0.3, -0.25) is 9.59 Å². The van der Waals surface area contributed by atoms with E-state index >= 15 is 0 Å². The van der Waals surface area contributed by atoms with Crippen LogP contribution in [0.3, 0.4) is 0 Å². The van der Waals surface area contributed by atoms with E-state index in [-0.39, 0.29) is 11.3 Å². The number of hydrogen-bond acceptors (Lipinski definition) is 5. The lowest BCUT2D eigenvalue weighted by Gasteiger charge is -2.28. The number of unbranched alkanes of at least 4 members (excludes halogenated alkanes) is 1. The van der Waals surface area contributed by atoms with Gasteiger partial charge in [-0.1, -0.05) is 67.4 Å². The van der Waals surface area contributed by atoms with Crippen LogP contribution in [0.15, 0.2) is 58.6 Å². The predicted molar refractivity (Wildman–Crippen MR) is 138 cm³/mol. The third-order valence-electron chi connectivity index (χ3n) is 6.17. The highest BCUT2D eigenvalue weighted by molar-refractivity contribution is 9.10. The molecule has 1 fully saturated rings. The summed E-state index contributed by atoms with van der Waals surface area (Å²) in [5, 5.41) is 11.1. The number of likely N-dealkylation sites (N-methyl/N-ethyl adjacent to an activating group) is 1. The zero-order valence-corrected chi connectivity index (χ0v) is 21.7. The number of hydrogen-bond donors (Lipinski definition) is 1. The molecule has 0 aliphatic carbocycles. The van der Waals surface area contributed by atoms with Crippen molar-refractivity contribution in [2.45, 2.75) is 39.7 Å². The molecular weight excluding hydrogens is 496 g/mol. The van der Waals surface area contributed by atoms with Crippen molar-refractivity contribution in [2.24, 2.45) is 0 Å². The number of likely N-dealkylation sites (tertiary alicyclic amines) is 1. The van der Waals surface area contributed by atoms with Crippen LogP contribution in [0.2, 0.25) is 0 Å². The van der Waals surface area contributed by atoms with Crippen LogP contribution in [0.1, 0.15) is 50.8 Å². The summed E-state index contributed by atoms with van der Waals surface area (Å²) in [7, 11) is 0. The number of nitrogens with zero attached hydrogens (tertiary/aromatic N) is 2. The molecule has 2 aromatic rings. The average Bonchev–Trinajstić information content (AvgIpc) is 3.10. The Morgan fingerprint density at radius 3 is 2.26 bits per heavy atom. The van der Waals surface area contributed by atoms with Gasteiger partial charge in [0.15, 0.2) is 0 Å². The van der Waals surface area contributed by atoms with Crippen molar-refractivity contribution in [3.8, 4) is 5.75 Å². The highest BCUT2D eigenvalue weighted by Crippen LogP contribution is 2.39. The number of benzene rings is 2. The van der Waals surface area contributed by atoms with E-state index in [1.807, 2.05) is 24.3 Å². The molecule has 1 aliphatic heterocycles. The van der Waals surface area contributed by atoms with Crippen molar-refractivity contribution in [3.05, 3.63) is 69.7 Å². The van der Waals surface area contributed by atoms with Crippen LogP contribution in [-0.4, -0.2) is 59.4 Å². The molecule has 1 heterocycles. The molecule has 1 atom stereocenters. The molecule has 1 amide bonds. The van der Waals surface area contributed by atoms with Gasteiger partial charge in [-0.15, -0.1) is 0 Å². The van der Waals surface area contributed by atoms with Crippen LogP contribution < -0.4 is 4.74 Å². The third-order valence-corrected chi connectivity index (χ3v) is 6.70. The van der Waals surface area contributed by atoms with E-state index in [0.717, 1.165) is 41.7 Å². The lowest BCUT2D eigenvalue weighted by Crippen LogP contribution is -2.38. The van der Waals surface area contributed by atoms with E-state index in [2.05, 4.69) is 41.6 Å². The van der Waals surface area contributed by atoms with Crippen LogP contribution in [-0.2, 0) is 9.59 Å². The summed E-state index contributed by atoms with van der Waals surface area (Å²) >= 11 is 3.39. The van der Waals surface area contributed by atoms with Crippen molar-refractivity contribution in [2.75, 3.05) is 32.8 Å². The molecule has 6 nitrogen and oxygen atoms in total. The van der Waals surface area contributed by atoms with Gasteiger partial charge in [-0.2, -0.15) is 0 Å². The van der Waals surface area contributed by atoms with E-state index in [4.69, 9.17) is 4.74 Å². The fraction of sp³-hybridized carbons (Fsp3) is 0.407. The molecule has 34 heavy (non-hydrogen) atoms. The van der Waals surface area contributed by atoms with Gasteiger partial charge in [-0.05, 0) is 49.3 Å². The second kappa shape index (κ2) is 12.2. The molecule has 182 valence electrons. The molecule has 7 heteroatoms. The molecule has 1 N–H and O–H groups in total. The number of amides is 1. The zero-order chi connectivity index (χ0) is 24.7. The largest absolute Gasteiger partial charge is 0.507 e. The van der Waals surface area contributed by atoms with E-state index in [1.54, 1.807) is 29.2 Å². The molecule has 1 unspecified atom stereocenters. The van der Waals surface area contributed by atoms with Gasteiger partial charge in [0.1, 0.15) is 11.5 Å². The summed E-state index contributed by atoms with van der Waals surface area (Å²) in [6.45, 7) is 9.64. The number of carbonyl (C=O) groups excluding carboxylic acids is 2. The number of halogens is 1. The Morgan fingerprint density at radius 2 is 1.68 bits per heavy atom. The Balaban J connectivity index is 2.01. The highest BCUT2D eigenvalue weighted by atomic mass is 79.9. The molecule has 0 radical (unpaired) electrons. The quantitative estimate of drug-likeness (QED) is 0.183. The Labute approximate surface area is 210 Å². The van der Waals surface area contributed by atoms with Crippen LogP contribution in [0, 0.1) is 0 Å². The van der Waals surface area contributed by atoms with Crippen molar-refractivity contribution in [3.63, 3.8) is 0 Å². The van der Waals surface area contributed by atoms with Crippen molar-refractivity contribution in [1.29, 1.82) is 0 Å². The SMILES string of the molecule is CCCCOc1ccc(C2C(=C(O)c3ccc(Br)cc3)C(=O)C(=O)N2CCN(CC)CC)cc1. The van der Waals surface area contributed by atoms with Gasteiger partial charge in [0, 0.05) is 23.1 Å². The summed E-state index contributed by atoms with van der Waals surface area (Å²) in [6.07, 6.45) is 2.02. The molecule has 0 bridgehead atoms. The molecular formula is C27H33BrN2O4. The van der Waals surface area contributed by atoms with Gasteiger partial charge < -0.3 is 19.6 Å². The first kappa shape index (κ1) is 26.0. The minimum atomic E-state index is -0.663. The number of rotatable bonds is 11. The number of aliphatic hydroxyl groups is 1. The minimum absolute atomic E-state index is 0.117. The summed E-state index contributed by atoms with van der Waals surface area (Å²) in [6, 6.07) is 13.8. The van der Waals surface area contributed by atoms with Crippen molar-refractivity contribution in [1.82, 2.24) is 9.80 Å². The lowest BCUT2D eigenvalue weighted by molar-refractivity contribution is -0.140. The molecule has 1 saturated heterocycles. The minimum Gasteiger partial charge on any atom is -0.507 e. The van der Waals surface area contributed by atoms with E-state index in [9.17, 15) is 14.7 Å². The smallest absolute Gasteiger partial charge is 0.295 e. The van der Waals surface area contributed by atoms with E-state index in [1.165, 1.54) is 0 Å². The van der Waals surface area contributed by atoms with Crippen LogP contribution in [0.4, 0.5) is 0 Å². The molecule has 0 saturated carbocycles. The zero-order valence-electron chi connectivity index (χ0n) is 20.1. The second-order valence-electron chi connectivity index (χ2n) is 8.30. The maximum absolute atomic E-state index is 13.1. The highest BCUT2D eigenvalue weighted by Gasteiger charge is 2.45. The molecule has 0 spiro atoms. The Bertz CT molecular complexity index is 1010. The first-order valence-corrected chi connectivity index (χ1v) is 12.7. The van der Waals surface area contributed by atoms with Gasteiger partial charge in [0.05, 0.1) is 18.2 Å². The summed E-state index contributed by atoms with van der Waals surface area (Å²) in [5.74, 6) is -0.665. The summed E-state index contributed by atoms with van der Waals surface area (Å²) < 4.78 is 6.64. The Kier molecular flexibility index (Phi) is 9.30. The van der Waals surface area contributed by atoms with Crippen molar-refractivity contribution >= 4 is 33.4 Å². The van der Waals surface area contributed by atoms with E-state index in [0.29, 0.717) is 25.3 Å². The number of ketones is 1. The molecule has 2 aromatic carbocycles. The molecule has 0 aromatic heterocycles. The van der Waals surface area contributed by atoms with Crippen LogP contribution >= 0.6 is 15.9 Å². The van der Waals surface area contributed by atoms with E-state index < -0.39 is 17.7 Å². The fourth-order valence-corrected chi connectivity index (χ4v) is 4.35. The normalized spacial score (nSPS) is 17.6.